The van der Waals surface area contributed by atoms with Crippen LogP contribution in [-0.4, -0.2) is 25.9 Å². The lowest BCUT2D eigenvalue weighted by atomic mass is 9.67. The second kappa shape index (κ2) is 14.7. The van der Waals surface area contributed by atoms with Crippen molar-refractivity contribution in [2.45, 2.75) is 123 Å². The predicted octanol–water partition coefficient (Wildman–Crippen LogP) is 9.76. The van der Waals surface area contributed by atoms with E-state index in [2.05, 4.69) is 6.92 Å². The van der Waals surface area contributed by atoms with Gasteiger partial charge in [-0.25, -0.2) is 0 Å². The van der Waals surface area contributed by atoms with Crippen LogP contribution in [0.2, 0.25) is 0 Å². The lowest BCUT2D eigenvalue weighted by Crippen LogP contribution is -2.36. The van der Waals surface area contributed by atoms with Crippen molar-refractivity contribution in [3.8, 4) is 11.5 Å². The number of hydrogen-bond acceptors (Lipinski definition) is 3. The Hall–Kier alpha value is -1.36. The number of halogens is 2. The first-order valence-corrected chi connectivity index (χ1v) is 16.9. The van der Waals surface area contributed by atoms with Crippen molar-refractivity contribution in [2.75, 3.05) is 19.8 Å². The standard InChI is InChI=1S/C35H54F2O3/c1-3-5-24-6-11-27(12-7-24)28-13-8-25(9-14-28)22-39-31-17-16-29-20-26(10-15-30(29)21-31)23-40-33-19-18-32(38-4-2)34(36)35(33)37/h18-19,24-31H,3-17,20-23H2,1-2H3. The Morgan fingerprint density at radius 3 is 1.80 bits per heavy atom. The van der Waals surface area contributed by atoms with Crippen LogP contribution in [0, 0.1) is 53.1 Å². The molecule has 1 aromatic rings. The average molecular weight is 561 g/mol. The molecule has 0 radical (unpaired) electrons. The molecule has 226 valence electrons. The Labute approximate surface area is 242 Å². The molecule has 1 aromatic carbocycles. The molecule has 5 rings (SSSR count). The van der Waals surface area contributed by atoms with Gasteiger partial charge in [-0.05, 0) is 138 Å². The Bertz CT molecular complexity index is 906. The van der Waals surface area contributed by atoms with Crippen LogP contribution >= 0.6 is 0 Å². The summed E-state index contributed by atoms with van der Waals surface area (Å²) in [5.41, 5.74) is 0. The first-order valence-electron chi connectivity index (χ1n) is 16.9. The van der Waals surface area contributed by atoms with Gasteiger partial charge in [-0.2, -0.15) is 8.78 Å². The Kier molecular flexibility index (Phi) is 11.1. The molecule has 0 spiro atoms. The number of benzene rings is 1. The van der Waals surface area contributed by atoms with Gasteiger partial charge in [-0.1, -0.05) is 32.6 Å². The largest absolute Gasteiger partial charge is 0.491 e. The van der Waals surface area contributed by atoms with Gasteiger partial charge >= 0.3 is 0 Å². The molecule has 5 heteroatoms. The van der Waals surface area contributed by atoms with E-state index in [0.717, 1.165) is 49.0 Å². The molecule has 3 nitrogen and oxygen atoms in total. The van der Waals surface area contributed by atoms with Gasteiger partial charge in [0, 0.05) is 6.61 Å². The highest BCUT2D eigenvalue weighted by Gasteiger charge is 2.37. The maximum Gasteiger partial charge on any atom is 0.204 e. The van der Waals surface area contributed by atoms with Crippen LogP contribution < -0.4 is 9.47 Å². The van der Waals surface area contributed by atoms with Crippen molar-refractivity contribution < 1.29 is 23.0 Å². The summed E-state index contributed by atoms with van der Waals surface area (Å²) in [6, 6.07) is 2.95. The maximum absolute atomic E-state index is 14.4. The molecular formula is C35H54F2O3. The van der Waals surface area contributed by atoms with E-state index in [9.17, 15) is 8.78 Å². The summed E-state index contributed by atoms with van der Waals surface area (Å²) in [6.45, 7) is 5.81. The molecule has 0 amide bonds. The summed E-state index contributed by atoms with van der Waals surface area (Å²) in [5, 5.41) is 0. The Balaban J connectivity index is 0.978. The second-order valence-electron chi connectivity index (χ2n) is 13.8. The molecular weight excluding hydrogens is 506 g/mol. The van der Waals surface area contributed by atoms with Crippen molar-refractivity contribution in [3.05, 3.63) is 23.8 Å². The molecule has 4 atom stereocenters. The fraction of sp³-hybridized carbons (Fsp3) is 0.829. The highest BCUT2D eigenvalue weighted by atomic mass is 19.2. The van der Waals surface area contributed by atoms with Crippen LogP contribution in [0.25, 0.3) is 0 Å². The van der Waals surface area contributed by atoms with Gasteiger partial charge < -0.3 is 14.2 Å². The van der Waals surface area contributed by atoms with E-state index < -0.39 is 11.6 Å². The molecule has 4 saturated carbocycles. The molecule has 0 saturated heterocycles. The van der Waals surface area contributed by atoms with Gasteiger partial charge in [-0.3, -0.25) is 0 Å². The van der Waals surface area contributed by atoms with E-state index >= 15 is 0 Å². The highest BCUT2D eigenvalue weighted by molar-refractivity contribution is 5.35. The summed E-state index contributed by atoms with van der Waals surface area (Å²) in [5.74, 6) is 3.68. The molecule has 4 unspecified atom stereocenters. The van der Waals surface area contributed by atoms with E-state index in [1.54, 1.807) is 6.92 Å². The minimum absolute atomic E-state index is 0.00595. The van der Waals surface area contributed by atoms with E-state index in [0.29, 0.717) is 31.2 Å². The van der Waals surface area contributed by atoms with Crippen LogP contribution in [0.4, 0.5) is 8.78 Å². The zero-order valence-corrected chi connectivity index (χ0v) is 25.2. The third-order valence-corrected chi connectivity index (χ3v) is 11.2. The molecule has 4 fully saturated rings. The van der Waals surface area contributed by atoms with Crippen LogP contribution in [0.3, 0.4) is 0 Å². The van der Waals surface area contributed by atoms with E-state index in [4.69, 9.17) is 14.2 Å². The van der Waals surface area contributed by atoms with Gasteiger partial charge in [-0.15, -0.1) is 0 Å². The minimum Gasteiger partial charge on any atom is -0.491 e. The number of ether oxygens (including phenoxy) is 3. The number of rotatable bonds is 11. The van der Waals surface area contributed by atoms with Crippen molar-refractivity contribution in [2.24, 2.45) is 41.4 Å². The van der Waals surface area contributed by atoms with Gasteiger partial charge in [0.2, 0.25) is 11.6 Å². The molecule has 0 bridgehead atoms. The summed E-state index contributed by atoms with van der Waals surface area (Å²) < 4.78 is 46.1. The quantitative estimate of drug-likeness (QED) is 0.270. The van der Waals surface area contributed by atoms with Gasteiger partial charge in [0.1, 0.15) is 0 Å². The molecule has 40 heavy (non-hydrogen) atoms. The van der Waals surface area contributed by atoms with Crippen molar-refractivity contribution >= 4 is 0 Å². The highest BCUT2D eigenvalue weighted by Crippen LogP contribution is 2.45. The third kappa shape index (κ3) is 7.72. The second-order valence-corrected chi connectivity index (χ2v) is 13.8. The van der Waals surface area contributed by atoms with Crippen LogP contribution in [0.15, 0.2) is 12.1 Å². The fourth-order valence-corrected chi connectivity index (χ4v) is 8.80. The fourth-order valence-electron chi connectivity index (χ4n) is 8.80. The molecule has 0 aromatic heterocycles. The first-order chi connectivity index (χ1) is 19.5. The van der Waals surface area contributed by atoms with E-state index in [-0.39, 0.29) is 11.5 Å². The van der Waals surface area contributed by atoms with Crippen molar-refractivity contribution in [1.82, 2.24) is 0 Å². The Morgan fingerprint density at radius 1 is 0.600 bits per heavy atom. The summed E-state index contributed by atoms with van der Waals surface area (Å²) in [6.07, 6.45) is 21.8. The summed E-state index contributed by atoms with van der Waals surface area (Å²) in [4.78, 5) is 0. The third-order valence-electron chi connectivity index (χ3n) is 11.2. The molecule has 0 heterocycles. The molecule has 4 aliphatic rings. The molecule has 0 aliphatic heterocycles. The lowest BCUT2D eigenvalue weighted by Gasteiger charge is -2.42. The Morgan fingerprint density at radius 2 is 1.15 bits per heavy atom. The summed E-state index contributed by atoms with van der Waals surface area (Å²) in [7, 11) is 0. The van der Waals surface area contributed by atoms with Gasteiger partial charge in [0.25, 0.3) is 0 Å². The number of hydrogen-bond donors (Lipinski definition) is 0. The molecule has 4 aliphatic carbocycles. The topological polar surface area (TPSA) is 27.7 Å². The van der Waals surface area contributed by atoms with Crippen LogP contribution in [0.5, 0.6) is 11.5 Å². The SMILES string of the molecule is CCCC1CCC(C2CCC(COC3CCC4CC(COc5ccc(OCC)c(F)c5F)CCC4C3)CC2)CC1. The lowest BCUT2D eigenvalue weighted by molar-refractivity contribution is -0.0410. The predicted molar refractivity (Wildman–Crippen MR) is 157 cm³/mol. The van der Waals surface area contributed by atoms with Crippen molar-refractivity contribution in [3.63, 3.8) is 0 Å². The zero-order chi connectivity index (χ0) is 27.9. The normalized spacial score (nSPS) is 34.7. The van der Waals surface area contributed by atoms with E-state index in [1.807, 2.05) is 0 Å². The number of fused-ring (bicyclic) bond motifs is 1. The monoisotopic (exact) mass is 560 g/mol. The zero-order valence-electron chi connectivity index (χ0n) is 25.2. The molecule has 0 N–H and O–H groups in total. The van der Waals surface area contributed by atoms with Gasteiger partial charge in [0.05, 0.1) is 19.3 Å². The van der Waals surface area contributed by atoms with Crippen LogP contribution in [0.1, 0.15) is 117 Å². The van der Waals surface area contributed by atoms with Crippen molar-refractivity contribution in [1.29, 1.82) is 0 Å². The smallest absolute Gasteiger partial charge is 0.204 e. The van der Waals surface area contributed by atoms with E-state index in [1.165, 1.54) is 102 Å². The summed E-state index contributed by atoms with van der Waals surface area (Å²) >= 11 is 0. The first kappa shape index (κ1) is 30.1. The maximum atomic E-state index is 14.4. The van der Waals surface area contributed by atoms with Crippen LogP contribution in [-0.2, 0) is 4.74 Å². The minimum atomic E-state index is -0.959. The average Bonchev–Trinajstić information content (AvgIpc) is 2.99. The van der Waals surface area contributed by atoms with Gasteiger partial charge in [0.15, 0.2) is 11.5 Å².